The average Bonchev–Trinajstić information content (AvgIpc) is 2.59. The van der Waals surface area contributed by atoms with Gasteiger partial charge in [0.1, 0.15) is 11.6 Å². The van der Waals surface area contributed by atoms with Crippen LogP contribution in [0.3, 0.4) is 0 Å². The standard InChI is InChI=1S/C18H24BrN3O2/c1-2-3-10-24-11-4-9-22-18(23)16(12-20)14-21-13-15-5-7-17(19)8-6-15/h5-8,14,21H,2-4,9-11,13H2,1H3,(H,22,23)/b16-14-. The molecule has 5 nitrogen and oxygen atoms in total. The van der Waals surface area contributed by atoms with Crippen LogP contribution in [0.25, 0.3) is 0 Å². The Kier molecular flexibility index (Phi) is 10.6. The second kappa shape index (κ2) is 12.6. The molecule has 0 saturated carbocycles. The SMILES string of the molecule is CCCCOCCCNC(=O)/C(C#N)=C\NCc1ccc(Br)cc1. The third kappa shape index (κ3) is 8.70. The van der Waals surface area contributed by atoms with Crippen LogP contribution < -0.4 is 10.6 Å². The van der Waals surface area contributed by atoms with Crippen molar-refractivity contribution < 1.29 is 9.53 Å². The lowest BCUT2D eigenvalue weighted by Gasteiger charge is -2.06. The van der Waals surface area contributed by atoms with E-state index >= 15 is 0 Å². The van der Waals surface area contributed by atoms with Gasteiger partial charge in [-0.3, -0.25) is 4.79 Å². The maximum absolute atomic E-state index is 11.9. The lowest BCUT2D eigenvalue weighted by molar-refractivity contribution is -0.117. The van der Waals surface area contributed by atoms with E-state index in [0.29, 0.717) is 19.7 Å². The minimum Gasteiger partial charge on any atom is -0.386 e. The molecule has 0 bridgehead atoms. The van der Waals surface area contributed by atoms with Gasteiger partial charge in [-0.2, -0.15) is 5.26 Å². The minimum absolute atomic E-state index is 0.0685. The molecule has 0 heterocycles. The lowest BCUT2D eigenvalue weighted by atomic mass is 10.2. The Morgan fingerprint density at radius 2 is 2.00 bits per heavy atom. The molecule has 0 spiro atoms. The molecular formula is C18H24BrN3O2. The van der Waals surface area contributed by atoms with Crippen molar-refractivity contribution in [2.45, 2.75) is 32.7 Å². The van der Waals surface area contributed by atoms with Crippen LogP contribution in [0, 0.1) is 11.3 Å². The Labute approximate surface area is 152 Å². The molecule has 1 rings (SSSR count). The Morgan fingerprint density at radius 1 is 1.29 bits per heavy atom. The summed E-state index contributed by atoms with van der Waals surface area (Å²) in [7, 11) is 0. The number of unbranched alkanes of at least 4 members (excludes halogenated alkanes) is 1. The van der Waals surface area contributed by atoms with Crippen LogP contribution >= 0.6 is 15.9 Å². The van der Waals surface area contributed by atoms with Crippen molar-refractivity contribution in [1.29, 1.82) is 5.26 Å². The van der Waals surface area contributed by atoms with Gasteiger partial charge in [0.05, 0.1) is 0 Å². The number of benzene rings is 1. The van der Waals surface area contributed by atoms with Crippen LogP contribution in [-0.4, -0.2) is 25.7 Å². The van der Waals surface area contributed by atoms with Gasteiger partial charge in [-0.15, -0.1) is 0 Å². The van der Waals surface area contributed by atoms with Crippen molar-refractivity contribution in [3.05, 3.63) is 46.1 Å². The topological polar surface area (TPSA) is 74.1 Å². The van der Waals surface area contributed by atoms with E-state index < -0.39 is 0 Å². The Morgan fingerprint density at radius 3 is 2.67 bits per heavy atom. The van der Waals surface area contributed by atoms with E-state index in [1.807, 2.05) is 30.3 Å². The van der Waals surface area contributed by atoms with Crippen molar-refractivity contribution in [3.63, 3.8) is 0 Å². The third-order valence-corrected chi connectivity index (χ3v) is 3.75. The molecule has 0 aliphatic carbocycles. The molecule has 1 amide bonds. The molecule has 0 saturated heterocycles. The second-order valence-electron chi connectivity index (χ2n) is 5.25. The van der Waals surface area contributed by atoms with Crippen molar-refractivity contribution >= 4 is 21.8 Å². The van der Waals surface area contributed by atoms with Crippen LogP contribution in [0.4, 0.5) is 0 Å². The second-order valence-corrected chi connectivity index (χ2v) is 6.17. The lowest BCUT2D eigenvalue weighted by Crippen LogP contribution is -2.27. The summed E-state index contributed by atoms with van der Waals surface area (Å²) < 4.78 is 6.43. The Bertz CT molecular complexity index is 565. The number of nitriles is 1. The third-order valence-electron chi connectivity index (χ3n) is 3.22. The molecule has 1 aromatic carbocycles. The molecule has 130 valence electrons. The van der Waals surface area contributed by atoms with Gasteiger partial charge in [0.15, 0.2) is 0 Å². The van der Waals surface area contributed by atoms with Gasteiger partial charge in [-0.1, -0.05) is 41.4 Å². The van der Waals surface area contributed by atoms with Crippen molar-refractivity contribution in [1.82, 2.24) is 10.6 Å². The maximum atomic E-state index is 11.9. The van der Waals surface area contributed by atoms with Gasteiger partial charge in [-0.25, -0.2) is 0 Å². The predicted molar refractivity (Wildman–Crippen MR) is 98.0 cm³/mol. The normalized spacial score (nSPS) is 11.0. The molecule has 24 heavy (non-hydrogen) atoms. The summed E-state index contributed by atoms with van der Waals surface area (Å²) in [5, 5.41) is 14.8. The molecule has 0 radical (unpaired) electrons. The largest absolute Gasteiger partial charge is 0.386 e. The van der Waals surface area contributed by atoms with E-state index in [-0.39, 0.29) is 11.5 Å². The smallest absolute Gasteiger partial charge is 0.263 e. The van der Waals surface area contributed by atoms with Gasteiger partial charge in [0.25, 0.3) is 5.91 Å². The van der Waals surface area contributed by atoms with Crippen LogP contribution in [0.15, 0.2) is 40.5 Å². The monoisotopic (exact) mass is 393 g/mol. The quantitative estimate of drug-likeness (QED) is 0.343. The molecule has 2 N–H and O–H groups in total. The van der Waals surface area contributed by atoms with Crippen molar-refractivity contribution in [2.24, 2.45) is 0 Å². The fourth-order valence-electron chi connectivity index (χ4n) is 1.84. The van der Waals surface area contributed by atoms with Gasteiger partial charge in [-0.05, 0) is 30.5 Å². The highest BCUT2D eigenvalue weighted by atomic mass is 79.9. The number of carbonyl (C=O) groups excluding carboxylic acids is 1. The number of amides is 1. The number of nitrogens with one attached hydrogen (secondary N) is 2. The first-order chi connectivity index (χ1) is 11.7. The Balaban J connectivity index is 2.27. The van der Waals surface area contributed by atoms with Crippen molar-refractivity contribution in [2.75, 3.05) is 19.8 Å². The zero-order valence-corrected chi connectivity index (χ0v) is 15.6. The molecule has 0 unspecified atom stereocenters. The zero-order chi connectivity index (χ0) is 17.6. The van der Waals surface area contributed by atoms with E-state index in [1.54, 1.807) is 0 Å². The number of carbonyl (C=O) groups is 1. The number of nitrogens with zero attached hydrogens (tertiary/aromatic N) is 1. The highest BCUT2D eigenvalue weighted by Crippen LogP contribution is 2.10. The molecular weight excluding hydrogens is 370 g/mol. The summed E-state index contributed by atoms with van der Waals surface area (Å²) in [5.41, 5.74) is 1.13. The molecule has 0 aromatic heterocycles. The highest BCUT2D eigenvalue weighted by Gasteiger charge is 2.07. The van der Waals surface area contributed by atoms with Gasteiger partial charge < -0.3 is 15.4 Å². The maximum Gasteiger partial charge on any atom is 0.263 e. The number of rotatable bonds is 11. The fraction of sp³-hybridized carbons (Fsp3) is 0.444. The summed E-state index contributed by atoms with van der Waals surface area (Å²) in [6, 6.07) is 9.74. The van der Waals surface area contributed by atoms with E-state index in [2.05, 4.69) is 33.5 Å². The van der Waals surface area contributed by atoms with E-state index in [1.165, 1.54) is 6.20 Å². The first-order valence-corrected chi connectivity index (χ1v) is 8.90. The van der Waals surface area contributed by atoms with E-state index in [0.717, 1.165) is 35.9 Å². The van der Waals surface area contributed by atoms with Crippen LogP contribution in [0.1, 0.15) is 31.7 Å². The van der Waals surface area contributed by atoms with Crippen LogP contribution in [-0.2, 0) is 16.1 Å². The fourth-order valence-corrected chi connectivity index (χ4v) is 2.11. The average molecular weight is 394 g/mol. The van der Waals surface area contributed by atoms with E-state index in [4.69, 9.17) is 10.00 Å². The molecule has 0 aliphatic heterocycles. The predicted octanol–water partition coefficient (Wildman–Crippen LogP) is 3.27. The summed E-state index contributed by atoms with van der Waals surface area (Å²) in [6.07, 6.45) is 4.35. The van der Waals surface area contributed by atoms with Gasteiger partial charge in [0, 0.05) is 37.0 Å². The first kappa shape index (κ1) is 20.2. The highest BCUT2D eigenvalue weighted by molar-refractivity contribution is 9.10. The summed E-state index contributed by atoms with van der Waals surface area (Å²) in [6.45, 7) is 4.54. The molecule has 0 fully saturated rings. The van der Waals surface area contributed by atoms with Crippen molar-refractivity contribution in [3.8, 4) is 6.07 Å². The summed E-state index contributed by atoms with van der Waals surface area (Å²) >= 11 is 3.38. The van der Waals surface area contributed by atoms with Gasteiger partial charge >= 0.3 is 0 Å². The number of halogens is 1. The molecule has 1 aromatic rings. The molecule has 6 heteroatoms. The number of ether oxygens (including phenoxy) is 1. The molecule has 0 aliphatic rings. The van der Waals surface area contributed by atoms with Crippen LogP contribution in [0.5, 0.6) is 0 Å². The minimum atomic E-state index is -0.366. The van der Waals surface area contributed by atoms with Gasteiger partial charge in [0.2, 0.25) is 0 Å². The first-order valence-electron chi connectivity index (χ1n) is 8.11. The number of hydrogen-bond donors (Lipinski definition) is 2. The zero-order valence-electron chi connectivity index (χ0n) is 14.0. The van der Waals surface area contributed by atoms with Crippen LogP contribution in [0.2, 0.25) is 0 Å². The number of hydrogen-bond acceptors (Lipinski definition) is 4. The Hall–Kier alpha value is -1.84. The molecule has 0 atom stereocenters. The summed E-state index contributed by atoms with van der Waals surface area (Å²) in [4.78, 5) is 11.9. The summed E-state index contributed by atoms with van der Waals surface area (Å²) in [5.74, 6) is -0.366. The van der Waals surface area contributed by atoms with E-state index in [9.17, 15) is 4.79 Å².